The van der Waals surface area contributed by atoms with Crippen LogP contribution >= 0.6 is 0 Å². The zero-order chi connectivity index (χ0) is 20.6. The van der Waals surface area contributed by atoms with Crippen molar-refractivity contribution in [2.45, 2.75) is 57.3 Å². The summed E-state index contributed by atoms with van der Waals surface area (Å²) in [6.45, 7) is 6.63. The van der Waals surface area contributed by atoms with Crippen molar-refractivity contribution in [1.29, 1.82) is 0 Å². The number of aldehydes is 2. The first-order chi connectivity index (χ1) is 12.7. The van der Waals surface area contributed by atoms with Gasteiger partial charge in [0.2, 0.25) is 5.91 Å². The second kappa shape index (κ2) is 10.1. The lowest BCUT2D eigenvalue weighted by molar-refractivity contribution is -0.159. The molecule has 0 aromatic rings. The van der Waals surface area contributed by atoms with E-state index in [1.807, 2.05) is 20.8 Å². The highest BCUT2D eigenvalue weighted by Gasteiger charge is 2.54. The first-order valence-corrected chi connectivity index (χ1v) is 8.79. The van der Waals surface area contributed by atoms with Gasteiger partial charge in [-0.2, -0.15) is 0 Å². The molecular weight excluding hydrogens is 354 g/mol. The quantitative estimate of drug-likeness (QED) is 0.501. The minimum atomic E-state index is -0.696. The van der Waals surface area contributed by atoms with Crippen LogP contribution in [0.2, 0.25) is 0 Å². The van der Waals surface area contributed by atoms with Gasteiger partial charge in [-0.15, -0.1) is 0 Å². The smallest absolute Gasteiger partial charge is 0.410 e. The van der Waals surface area contributed by atoms with E-state index in [0.717, 1.165) is 0 Å². The molecule has 27 heavy (non-hydrogen) atoms. The fourth-order valence-corrected chi connectivity index (χ4v) is 2.70. The second-order valence-corrected chi connectivity index (χ2v) is 7.14. The standard InChI is InChI=1S/C13H17N3O5.C5H12O/c14-4-3-10-11(15-5-7-21-13(15)20)12(19)16(10)9(8-18)2-1-6-17;1-5(2,3)6-4/h3-4,6,8-11H,1-2,5,7,14H2;1-4H3/b4-3+;/t9-,10?,11?;/m0./s1. The highest BCUT2D eigenvalue weighted by Crippen LogP contribution is 2.31. The third-order valence-corrected chi connectivity index (χ3v) is 4.30. The van der Waals surface area contributed by atoms with Crippen molar-refractivity contribution in [2.75, 3.05) is 20.3 Å². The number of cyclic esters (lactones) is 1. The molecule has 9 heteroatoms. The van der Waals surface area contributed by atoms with Crippen LogP contribution in [0.4, 0.5) is 4.79 Å². The summed E-state index contributed by atoms with van der Waals surface area (Å²) in [5.41, 5.74) is 5.43. The molecule has 2 rings (SSSR count). The maximum Gasteiger partial charge on any atom is 0.410 e. The average Bonchev–Trinajstić information content (AvgIpc) is 3.03. The Balaban J connectivity index is 0.000000527. The summed E-state index contributed by atoms with van der Waals surface area (Å²) in [5.74, 6) is -0.333. The molecule has 0 aliphatic carbocycles. The molecule has 0 bridgehead atoms. The Hall–Kier alpha value is -2.42. The van der Waals surface area contributed by atoms with Gasteiger partial charge >= 0.3 is 6.09 Å². The van der Waals surface area contributed by atoms with Gasteiger partial charge in [0, 0.05) is 13.5 Å². The maximum absolute atomic E-state index is 12.3. The molecule has 0 aromatic carbocycles. The Morgan fingerprint density at radius 2 is 1.96 bits per heavy atom. The van der Waals surface area contributed by atoms with E-state index in [0.29, 0.717) is 19.1 Å². The van der Waals surface area contributed by atoms with Crippen LogP contribution in [0.25, 0.3) is 0 Å². The SMILES string of the molecule is COC(C)(C)C.N/C=C/C1C(N2CCOC2=O)C(=O)N1[C@H](C=O)CCC=O. The second-order valence-electron chi connectivity index (χ2n) is 7.14. The first-order valence-electron chi connectivity index (χ1n) is 8.79. The molecule has 2 heterocycles. The topological polar surface area (TPSA) is 119 Å². The summed E-state index contributed by atoms with van der Waals surface area (Å²) in [6.07, 6.45) is 4.07. The van der Waals surface area contributed by atoms with Gasteiger partial charge in [-0.1, -0.05) is 0 Å². The predicted molar refractivity (Wildman–Crippen MR) is 97.7 cm³/mol. The fraction of sp³-hybridized carbons (Fsp3) is 0.667. The predicted octanol–water partition coefficient (Wildman–Crippen LogP) is 0.468. The van der Waals surface area contributed by atoms with Gasteiger partial charge in [-0.25, -0.2) is 4.79 Å². The van der Waals surface area contributed by atoms with Crippen LogP contribution in [0.1, 0.15) is 33.6 Å². The number of ether oxygens (including phenoxy) is 2. The minimum Gasteiger partial charge on any atom is -0.448 e. The lowest BCUT2D eigenvalue weighted by Gasteiger charge is -2.50. The molecule has 2 fully saturated rings. The van der Waals surface area contributed by atoms with E-state index in [-0.39, 0.29) is 31.0 Å². The minimum absolute atomic E-state index is 0.0417. The highest BCUT2D eigenvalue weighted by molar-refractivity contribution is 5.95. The molecule has 0 radical (unpaired) electrons. The molecular formula is C18H29N3O6. The Kier molecular flexibility index (Phi) is 8.42. The van der Waals surface area contributed by atoms with Crippen molar-refractivity contribution < 1.29 is 28.7 Å². The van der Waals surface area contributed by atoms with E-state index < -0.39 is 24.2 Å². The molecule has 2 aliphatic heterocycles. The van der Waals surface area contributed by atoms with Crippen molar-refractivity contribution in [3.05, 3.63) is 12.3 Å². The molecule has 2 unspecified atom stereocenters. The van der Waals surface area contributed by atoms with E-state index >= 15 is 0 Å². The molecule has 0 saturated carbocycles. The van der Waals surface area contributed by atoms with E-state index in [1.54, 1.807) is 13.2 Å². The third-order valence-electron chi connectivity index (χ3n) is 4.30. The monoisotopic (exact) mass is 383 g/mol. The van der Waals surface area contributed by atoms with Crippen LogP contribution in [0.5, 0.6) is 0 Å². The third kappa shape index (κ3) is 5.78. The van der Waals surface area contributed by atoms with Crippen LogP contribution in [0.3, 0.4) is 0 Å². The summed E-state index contributed by atoms with van der Waals surface area (Å²) >= 11 is 0. The first kappa shape index (κ1) is 22.6. The largest absolute Gasteiger partial charge is 0.448 e. The van der Waals surface area contributed by atoms with E-state index in [2.05, 4.69) is 0 Å². The van der Waals surface area contributed by atoms with Crippen molar-refractivity contribution >= 4 is 24.6 Å². The zero-order valence-corrected chi connectivity index (χ0v) is 16.3. The maximum atomic E-state index is 12.3. The van der Waals surface area contributed by atoms with Gasteiger partial charge in [0.1, 0.15) is 25.2 Å². The number of carbonyl (C=O) groups excluding carboxylic acids is 4. The van der Waals surface area contributed by atoms with Crippen LogP contribution in [0, 0.1) is 0 Å². The van der Waals surface area contributed by atoms with Crippen molar-refractivity contribution in [1.82, 2.24) is 9.80 Å². The Bertz CT molecular complexity index is 572. The Morgan fingerprint density at radius 1 is 1.33 bits per heavy atom. The molecule has 0 spiro atoms. The molecule has 3 atom stereocenters. The van der Waals surface area contributed by atoms with Crippen molar-refractivity contribution in [2.24, 2.45) is 5.73 Å². The number of likely N-dealkylation sites (tertiary alicyclic amines) is 1. The number of hydrogen-bond acceptors (Lipinski definition) is 7. The summed E-state index contributed by atoms with van der Waals surface area (Å²) < 4.78 is 9.77. The number of nitrogens with two attached hydrogens (primary N) is 1. The van der Waals surface area contributed by atoms with Gasteiger partial charge in [-0.05, 0) is 39.5 Å². The number of β-lactam (4-membered cyclic amide) rings is 1. The van der Waals surface area contributed by atoms with Gasteiger partial charge in [0.05, 0.1) is 24.2 Å². The number of nitrogens with zero attached hydrogens (tertiary/aromatic N) is 2. The van der Waals surface area contributed by atoms with Crippen LogP contribution in [0.15, 0.2) is 12.3 Å². The molecule has 2 amide bonds. The van der Waals surface area contributed by atoms with Gasteiger partial charge in [-0.3, -0.25) is 9.69 Å². The Morgan fingerprint density at radius 3 is 2.37 bits per heavy atom. The number of rotatable bonds is 7. The number of carbonyl (C=O) groups is 4. The summed E-state index contributed by atoms with van der Waals surface area (Å²) in [5, 5.41) is 0. The molecule has 2 N–H and O–H groups in total. The van der Waals surface area contributed by atoms with Crippen molar-refractivity contribution in [3.8, 4) is 0 Å². The number of methoxy groups -OCH3 is 1. The van der Waals surface area contributed by atoms with E-state index in [4.69, 9.17) is 15.2 Å². The summed E-state index contributed by atoms with van der Waals surface area (Å²) in [7, 11) is 1.71. The lowest BCUT2D eigenvalue weighted by Crippen LogP contribution is -2.72. The van der Waals surface area contributed by atoms with Crippen LogP contribution in [-0.4, -0.2) is 78.4 Å². The van der Waals surface area contributed by atoms with Gasteiger partial charge in [0.15, 0.2) is 0 Å². The molecule has 9 nitrogen and oxygen atoms in total. The fourth-order valence-electron chi connectivity index (χ4n) is 2.70. The number of hydrogen-bond donors (Lipinski definition) is 1. The zero-order valence-electron chi connectivity index (χ0n) is 16.3. The molecule has 152 valence electrons. The number of amides is 2. The van der Waals surface area contributed by atoms with Gasteiger partial charge in [0.25, 0.3) is 0 Å². The van der Waals surface area contributed by atoms with E-state index in [1.165, 1.54) is 16.0 Å². The molecule has 2 saturated heterocycles. The molecule has 2 aliphatic rings. The average molecular weight is 383 g/mol. The highest BCUT2D eigenvalue weighted by atomic mass is 16.6. The normalized spacial score (nSPS) is 23.4. The van der Waals surface area contributed by atoms with Gasteiger partial charge < -0.3 is 29.7 Å². The van der Waals surface area contributed by atoms with Crippen LogP contribution < -0.4 is 5.73 Å². The summed E-state index contributed by atoms with van der Waals surface area (Å²) in [4.78, 5) is 48.2. The van der Waals surface area contributed by atoms with Crippen LogP contribution in [-0.2, 0) is 23.9 Å². The van der Waals surface area contributed by atoms with E-state index in [9.17, 15) is 19.2 Å². The lowest BCUT2D eigenvalue weighted by atomic mass is 9.90. The molecule has 0 aromatic heterocycles. The van der Waals surface area contributed by atoms with Crippen molar-refractivity contribution in [3.63, 3.8) is 0 Å². The summed E-state index contributed by atoms with van der Waals surface area (Å²) in [6, 6.07) is -1.87. The Labute approximate surface area is 159 Å².